The normalized spacial score (nSPS) is 17.8. The molecule has 4 rings (SSSR count). The third-order valence-corrected chi connectivity index (χ3v) is 6.92. The number of para-hydroxylation sites is 2. The maximum Gasteiger partial charge on any atom is 0.305 e. The number of carbonyl (C=O) groups is 3. The number of hydrogen-bond acceptors (Lipinski definition) is 7. The molecule has 0 spiro atoms. The van der Waals surface area contributed by atoms with Crippen molar-refractivity contribution in [1.29, 1.82) is 0 Å². The Kier molecular flexibility index (Phi) is 10.6. The van der Waals surface area contributed by atoms with Crippen LogP contribution in [0.25, 0.3) is 0 Å². The van der Waals surface area contributed by atoms with Gasteiger partial charge in [-0.05, 0) is 44.4 Å². The Hall–Kier alpha value is -4.49. The molecule has 234 valence electrons. The molecule has 3 atom stereocenters. The summed E-state index contributed by atoms with van der Waals surface area (Å²) in [5.74, 6) is -11.1. The number of halogens is 4. The first kappa shape index (κ1) is 32.4. The molecule has 0 aliphatic carbocycles. The fraction of sp³-hybridized carbons (Fsp3) is 0.323. The van der Waals surface area contributed by atoms with Crippen LogP contribution >= 0.6 is 0 Å². The van der Waals surface area contributed by atoms with Crippen molar-refractivity contribution in [3.8, 4) is 17.2 Å². The predicted molar refractivity (Wildman–Crippen MR) is 148 cm³/mol. The lowest BCUT2D eigenvalue weighted by Crippen LogP contribution is -2.57. The Morgan fingerprint density at radius 2 is 1.64 bits per heavy atom. The number of benzene rings is 3. The second-order valence-corrected chi connectivity index (χ2v) is 10.1. The zero-order chi connectivity index (χ0) is 31.9. The first-order chi connectivity index (χ1) is 21.0. The largest absolute Gasteiger partial charge is 0.481 e. The number of carboxylic acids is 1. The first-order valence-electron chi connectivity index (χ1n) is 13.8. The lowest BCUT2D eigenvalue weighted by atomic mass is 9.92. The number of ether oxygens (including phenoxy) is 3. The second-order valence-electron chi connectivity index (χ2n) is 10.1. The van der Waals surface area contributed by atoms with Gasteiger partial charge in [0, 0.05) is 18.2 Å². The van der Waals surface area contributed by atoms with Gasteiger partial charge in [-0.2, -0.15) is 8.78 Å². The van der Waals surface area contributed by atoms with E-state index >= 15 is 0 Å². The van der Waals surface area contributed by atoms with E-state index in [4.69, 9.17) is 9.47 Å². The van der Waals surface area contributed by atoms with Crippen molar-refractivity contribution < 1.29 is 51.3 Å². The van der Waals surface area contributed by atoms with Crippen LogP contribution < -0.4 is 20.1 Å². The molecule has 1 unspecified atom stereocenters. The summed E-state index contributed by atoms with van der Waals surface area (Å²) in [6.45, 7) is 0.662. The molecule has 1 aliphatic heterocycles. The minimum absolute atomic E-state index is 0.0316. The molecule has 0 radical (unpaired) electrons. The number of carboxylic acid groups (broad SMARTS) is 1. The van der Waals surface area contributed by atoms with Crippen molar-refractivity contribution in [3.05, 3.63) is 89.5 Å². The molecule has 1 aliphatic rings. The van der Waals surface area contributed by atoms with E-state index < -0.39 is 77.5 Å². The average molecular weight is 619 g/mol. The number of rotatable bonds is 13. The van der Waals surface area contributed by atoms with Crippen molar-refractivity contribution in [3.63, 3.8) is 0 Å². The third-order valence-electron chi connectivity index (χ3n) is 6.92. The molecule has 1 heterocycles. The maximum absolute atomic E-state index is 14.0. The summed E-state index contributed by atoms with van der Waals surface area (Å²) >= 11 is 0. The van der Waals surface area contributed by atoms with Crippen LogP contribution in [0, 0.1) is 23.3 Å². The van der Waals surface area contributed by atoms with E-state index in [9.17, 15) is 37.1 Å². The van der Waals surface area contributed by atoms with Crippen LogP contribution in [0.3, 0.4) is 0 Å². The summed E-state index contributed by atoms with van der Waals surface area (Å²) < 4.78 is 71.9. The minimum Gasteiger partial charge on any atom is -0.481 e. The molecule has 0 saturated carbocycles. The van der Waals surface area contributed by atoms with E-state index in [0.29, 0.717) is 30.1 Å². The molecule has 13 heteroatoms. The highest BCUT2D eigenvalue weighted by Gasteiger charge is 2.40. The van der Waals surface area contributed by atoms with E-state index in [-0.39, 0.29) is 6.07 Å². The smallest absolute Gasteiger partial charge is 0.305 e. The van der Waals surface area contributed by atoms with Gasteiger partial charge in [-0.25, -0.2) is 8.78 Å². The van der Waals surface area contributed by atoms with Gasteiger partial charge in [0.25, 0.3) is 0 Å². The van der Waals surface area contributed by atoms with Crippen LogP contribution in [0.5, 0.6) is 17.2 Å². The van der Waals surface area contributed by atoms with Gasteiger partial charge in [0.2, 0.25) is 17.5 Å². The molecule has 3 aromatic carbocycles. The zero-order valence-electron chi connectivity index (χ0n) is 23.6. The van der Waals surface area contributed by atoms with Crippen LogP contribution in [0.2, 0.25) is 0 Å². The highest BCUT2D eigenvalue weighted by molar-refractivity contribution is 5.94. The van der Waals surface area contributed by atoms with Gasteiger partial charge in [0.15, 0.2) is 23.2 Å². The summed E-state index contributed by atoms with van der Waals surface area (Å²) in [6, 6.07) is 13.4. The highest BCUT2D eigenvalue weighted by Crippen LogP contribution is 2.40. The number of nitrogens with one attached hydrogen (secondary N) is 2. The van der Waals surface area contributed by atoms with Crippen molar-refractivity contribution in [1.82, 2.24) is 10.6 Å². The molecule has 3 N–H and O–H groups in total. The van der Waals surface area contributed by atoms with E-state index in [0.717, 1.165) is 12.8 Å². The first-order valence-corrected chi connectivity index (χ1v) is 13.8. The summed E-state index contributed by atoms with van der Waals surface area (Å²) in [4.78, 5) is 37.5. The molecule has 1 fully saturated rings. The molecule has 0 bridgehead atoms. The van der Waals surface area contributed by atoms with Crippen LogP contribution in [0.1, 0.15) is 38.2 Å². The fourth-order valence-corrected chi connectivity index (χ4v) is 4.76. The molecule has 3 aromatic rings. The van der Waals surface area contributed by atoms with E-state index in [1.807, 2.05) is 18.2 Å². The molecule has 1 saturated heterocycles. The molecule has 1 amide bonds. The molecular formula is C31H30F4N2O7. The summed E-state index contributed by atoms with van der Waals surface area (Å²) in [7, 11) is 0. The van der Waals surface area contributed by atoms with Gasteiger partial charge in [0.1, 0.15) is 29.9 Å². The number of amides is 1. The Balaban J connectivity index is 1.51. The number of aliphatic carboxylic acids is 1. The summed E-state index contributed by atoms with van der Waals surface area (Å²) in [5, 5.41) is 14.8. The van der Waals surface area contributed by atoms with Crippen molar-refractivity contribution >= 4 is 17.7 Å². The van der Waals surface area contributed by atoms with Gasteiger partial charge >= 0.3 is 5.97 Å². The Morgan fingerprint density at radius 3 is 2.27 bits per heavy atom. The molecule has 9 nitrogen and oxygen atoms in total. The summed E-state index contributed by atoms with van der Waals surface area (Å²) in [6.07, 6.45) is 1.06. The Labute approximate surface area is 250 Å². The van der Waals surface area contributed by atoms with Crippen molar-refractivity contribution in [2.75, 3.05) is 13.2 Å². The van der Waals surface area contributed by atoms with Gasteiger partial charge in [0.05, 0.1) is 12.5 Å². The van der Waals surface area contributed by atoms with Gasteiger partial charge in [-0.15, -0.1) is 0 Å². The predicted octanol–water partition coefficient (Wildman–Crippen LogP) is 4.97. The van der Waals surface area contributed by atoms with E-state index in [1.165, 1.54) is 6.92 Å². The lowest BCUT2D eigenvalue weighted by Gasteiger charge is -2.41. The van der Waals surface area contributed by atoms with Crippen molar-refractivity contribution in [2.45, 2.75) is 50.4 Å². The van der Waals surface area contributed by atoms with E-state index in [1.54, 1.807) is 36.4 Å². The minimum atomic E-state index is -1.87. The lowest BCUT2D eigenvalue weighted by molar-refractivity contribution is -0.142. The third kappa shape index (κ3) is 7.71. The second kappa shape index (κ2) is 14.3. The SMILES string of the molecule is C[C@H](NC1(c2ccccc2Oc2ccccc2)CCCCO1)C(=O)N[C@@H](CC(=O)O)C(=O)COc1c(F)c(F)cc(F)c1F. The topological polar surface area (TPSA) is 123 Å². The quantitative estimate of drug-likeness (QED) is 0.181. The van der Waals surface area contributed by atoms with Crippen LogP contribution in [-0.4, -0.2) is 48.1 Å². The molecule has 44 heavy (non-hydrogen) atoms. The monoisotopic (exact) mass is 618 g/mol. The van der Waals surface area contributed by atoms with Gasteiger partial charge in [-0.1, -0.05) is 36.4 Å². The summed E-state index contributed by atoms with van der Waals surface area (Å²) in [5.41, 5.74) is -0.576. The maximum atomic E-state index is 14.0. The number of Topliss-reactive ketones (excluding diaryl/α,β-unsaturated/α-hetero) is 1. The average Bonchev–Trinajstić information content (AvgIpc) is 3.00. The Bertz CT molecular complexity index is 1470. The van der Waals surface area contributed by atoms with Gasteiger partial charge < -0.3 is 24.6 Å². The molecular weight excluding hydrogens is 588 g/mol. The van der Waals surface area contributed by atoms with Gasteiger partial charge in [-0.3, -0.25) is 19.7 Å². The van der Waals surface area contributed by atoms with Crippen LogP contribution in [-0.2, 0) is 24.8 Å². The van der Waals surface area contributed by atoms with Crippen LogP contribution in [0.15, 0.2) is 60.7 Å². The number of hydrogen-bond donors (Lipinski definition) is 3. The fourth-order valence-electron chi connectivity index (χ4n) is 4.76. The van der Waals surface area contributed by atoms with Crippen LogP contribution in [0.4, 0.5) is 17.6 Å². The Morgan fingerprint density at radius 1 is 0.977 bits per heavy atom. The standard InChI is InChI=1S/C31H30F4N2O7/c1-18(30(41)36-23(16-26(39)40)24(38)17-42-29-27(34)21(32)15-22(33)28(29)35)37-31(13-7-8-14-43-31)20-11-5-6-12-25(20)44-19-9-3-2-4-10-19/h2-6,9-12,15,18,23,37H,7-8,13-14,16-17H2,1H3,(H,36,41)(H,39,40)/t18-,23-,31?/m0/s1. The van der Waals surface area contributed by atoms with Crippen molar-refractivity contribution in [2.24, 2.45) is 0 Å². The number of ketones is 1. The van der Waals surface area contributed by atoms with E-state index in [2.05, 4.69) is 15.4 Å². The zero-order valence-corrected chi connectivity index (χ0v) is 23.6. The molecule has 0 aromatic heterocycles. The highest BCUT2D eigenvalue weighted by atomic mass is 19.2. The number of carbonyl (C=O) groups excluding carboxylic acids is 2.